The fourth-order valence-corrected chi connectivity index (χ4v) is 4.90. The monoisotopic (exact) mass is 517 g/mol. The summed E-state index contributed by atoms with van der Waals surface area (Å²) in [7, 11) is 0. The standard InChI is InChI=1S/C23H18Cl3N5O3/c1-10(2)20-19-22(31(30-20)21-13(25)7-12(24)8-14(21)26)28-17(29-23(19)33)6-11-3-4-15-16(5-11)34-9-18(32)27-15/h3-5,7-8,10,30H,6,9H2,1-2H3,(H,27,32). The van der Waals surface area contributed by atoms with Crippen molar-refractivity contribution >= 4 is 46.4 Å². The molecule has 0 radical (unpaired) electrons. The van der Waals surface area contributed by atoms with Gasteiger partial charge in [-0.15, -0.1) is 0 Å². The van der Waals surface area contributed by atoms with Crippen molar-refractivity contribution in [3.8, 4) is 22.8 Å². The minimum Gasteiger partial charge on any atom is -0.482 e. The molecule has 2 aromatic rings. The molecule has 0 fully saturated rings. The van der Waals surface area contributed by atoms with Gasteiger partial charge in [0.1, 0.15) is 22.8 Å². The number of H-pyrrole nitrogens is 1. The van der Waals surface area contributed by atoms with E-state index in [1.807, 2.05) is 19.9 Å². The summed E-state index contributed by atoms with van der Waals surface area (Å²) in [6.07, 6.45) is 0.278. The Morgan fingerprint density at radius 1 is 1.09 bits per heavy atom. The molecule has 174 valence electrons. The Balaban J connectivity index is 1.63. The molecule has 0 aromatic heterocycles. The number of rotatable bonds is 4. The van der Waals surface area contributed by atoms with Gasteiger partial charge < -0.3 is 10.1 Å². The maximum Gasteiger partial charge on any atom is 0.284 e. The minimum atomic E-state index is -0.401. The summed E-state index contributed by atoms with van der Waals surface area (Å²) in [5, 5.41) is 6.99. The lowest BCUT2D eigenvalue weighted by atomic mass is 10.1. The van der Waals surface area contributed by atoms with Crippen LogP contribution < -0.4 is 15.6 Å². The van der Waals surface area contributed by atoms with E-state index in [0.29, 0.717) is 55.1 Å². The van der Waals surface area contributed by atoms with Gasteiger partial charge in [-0.05, 0) is 35.7 Å². The van der Waals surface area contributed by atoms with Gasteiger partial charge in [-0.25, -0.2) is 9.67 Å². The Labute approximate surface area is 209 Å². The van der Waals surface area contributed by atoms with Crippen LogP contribution in [0.3, 0.4) is 0 Å². The highest BCUT2D eigenvalue weighted by Gasteiger charge is 2.27. The number of nitrogens with zero attached hydrogens (tertiary/aromatic N) is 3. The van der Waals surface area contributed by atoms with Crippen LogP contribution in [0.25, 0.3) is 17.1 Å². The van der Waals surface area contributed by atoms with E-state index in [9.17, 15) is 9.59 Å². The van der Waals surface area contributed by atoms with E-state index in [1.54, 1.807) is 28.9 Å². The molecule has 8 nitrogen and oxygen atoms in total. The average Bonchev–Trinajstić information content (AvgIpc) is 3.13. The van der Waals surface area contributed by atoms with Gasteiger partial charge in [0.2, 0.25) is 0 Å². The predicted octanol–water partition coefficient (Wildman–Crippen LogP) is 5.07. The fourth-order valence-electron chi connectivity index (χ4n) is 3.92. The summed E-state index contributed by atoms with van der Waals surface area (Å²) in [6, 6.07) is 8.52. The number of anilines is 1. The Bertz CT molecular complexity index is 1450. The van der Waals surface area contributed by atoms with Gasteiger partial charge in [0, 0.05) is 11.4 Å². The molecule has 11 heteroatoms. The van der Waals surface area contributed by atoms with E-state index in [0.717, 1.165) is 5.56 Å². The molecule has 3 aliphatic rings. The van der Waals surface area contributed by atoms with E-state index < -0.39 is 5.56 Å². The Morgan fingerprint density at radius 2 is 1.82 bits per heavy atom. The van der Waals surface area contributed by atoms with Gasteiger partial charge in [-0.1, -0.05) is 54.7 Å². The van der Waals surface area contributed by atoms with Gasteiger partial charge in [-0.2, -0.15) is 4.98 Å². The molecule has 0 bridgehead atoms. The lowest BCUT2D eigenvalue weighted by Gasteiger charge is -2.18. The van der Waals surface area contributed by atoms with E-state index >= 15 is 0 Å². The SMILES string of the molecule is CC(C)c1[nH]n(-c2c(Cl)cc(Cl)cc2Cl)c2nc(Cc3ccc4c(c3)OCC(=O)N4)nc(=O)c1-2. The molecule has 0 unspecified atom stereocenters. The Kier molecular flexibility index (Phi) is 5.75. The number of aromatic amines is 1. The predicted molar refractivity (Wildman–Crippen MR) is 131 cm³/mol. The van der Waals surface area contributed by atoms with Crippen LogP contribution in [0.15, 0.2) is 35.1 Å². The van der Waals surface area contributed by atoms with Crippen molar-refractivity contribution in [2.45, 2.75) is 26.2 Å². The lowest BCUT2D eigenvalue weighted by Crippen LogP contribution is -2.25. The lowest BCUT2D eigenvalue weighted by molar-refractivity contribution is -0.118. The van der Waals surface area contributed by atoms with Crippen molar-refractivity contribution in [3.63, 3.8) is 0 Å². The molecule has 0 saturated heterocycles. The first-order valence-corrected chi connectivity index (χ1v) is 11.6. The number of fused-ring (bicyclic) bond motifs is 2. The number of halogens is 3. The first-order valence-electron chi connectivity index (χ1n) is 10.4. The summed E-state index contributed by atoms with van der Waals surface area (Å²) in [6.45, 7) is 3.87. The molecule has 0 aliphatic carbocycles. The quantitative estimate of drug-likeness (QED) is 0.393. The van der Waals surface area contributed by atoms with Crippen LogP contribution in [0.5, 0.6) is 5.75 Å². The highest BCUT2D eigenvalue weighted by Crippen LogP contribution is 2.37. The molecule has 34 heavy (non-hydrogen) atoms. The van der Waals surface area contributed by atoms with Gasteiger partial charge in [0.05, 0.1) is 21.4 Å². The third-order valence-electron chi connectivity index (χ3n) is 5.44. The van der Waals surface area contributed by atoms with Crippen molar-refractivity contribution < 1.29 is 9.53 Å². The molecule has 5 rings (SSSR count). The topological polar surface area (TPSA) is 102 Å². The molecule has 2 aromatic carbocycles. The molecule has 3 heterocycles. The molecule has 0 atom stereocenters. The van der Waals surface area contributed by atoms with Gasteiger partial charge in [0.25, 0.3) is 11.5 Å². The van der Waals surface area contributed by atoms with Gasteiger partial charge in [-0.3, -0.25) is 14.7 Å². The second-order valence-corrected chi connectivity index (χ2v) is 9.47. The second kappa shape index (κ2) is 8.61. The van der Waals surface area contributed by atoms with Crippen LogP contribution in [0.4, 0.5) is 5.69 Å². The van der Waals surface area contributed by atoms with E-state index in [4.69, 9.17) is 44.5 Å². The van der Waals surface area contributed by atoms with Crippen molar-refractivity contribution in [1.82, 2.24) is 19.7 Å². The molecule has 3 aliphatic heterocycles. The number of carbonyl (C=O) groups is 1. The zero-order valence-corrected chi connectivity index (χ0v) is 20.3. The number of hydrogen-bond donors (Lipinski definition) is 2. The molecular formula is C23H18Cl3N5O3. The maximum atomic E-state index is 13.1. The Morgan fingerprint density at radius 3 is 2.53 bits per heavy atom. The zero-order valence-electron chi connectivity index (χ0n) is 18.1. The van der Waals surface area contributed by atoms with Crippen molar-refractivity contribution in [1.29, 1.82) is 0 Å². The van der Waals surface area contributed by atoms with Crippen LogP contribution in [-0.4, -0.2) is 32.3 Å². The first kappa shape index (κ1) is 22.7. The number of nitrogens with one attached hydrogen (secondary N) is 2. The molecule has 0 saturated carbocycles. The highest BCUT2D eigenvalue weighted by atomic mass is 35.5. The Hall–Kier alpha value is -3.07. The molecule has 2 N–H and O–H groups in total. The summed E-state index contributed by atoms with van der Waals surface area (Å²) in [4.78, 5) is 33.5. The highest BCUT2D eigenvalue weighted by molar-refractivity contribution is 6.40. The zero-order chi connectivity index (χ0) is 24.1. The maximum absolute atomic E-state index is 13.1. The van der Waals surface area contributed by atoms with Crippen molar-refractivity contribution in [3.05, 3.63) is 72.8 Å². The number of hydrogen-bond acceptors (Lipinski definition) is 5. The van der Waals surface area contributed by atoms with E-state index in [1.165, 1.54) is 0 Å². The number of aromatic nitrogens is 4. The number of benzene rings is 2. The summed E-state index contributed by atoms with van der Waals surface area (Å²) in [5.41, 5.74) is 2.50. The van der Waals surface area contributed by atoms with Gasteiger partial charge >= 0.3 is 0 Å². The molecule has 1 amide bonds. The summed E-state index contributed by atoms with van der Waals surface area (Å²) in [5.74, 6) is 1.03. The first-order chi connectivity index (χ1) is 16.2. The number of amides is 1. The molecule has 0 spiro atoms. The second-order valence-electron chi connectivity index (χ2n) is 8.22. The van der Waals surface area contributed by atoms with Crippen LogP contribution in [0, 0.1) is 0 Å². The van der Waals surface area contributed by atoms with Crippen LogP contribution in [0.2, 0.25) is 15.1 Å². The van der Waals surface area contributed by atoms with Crippen LogP contribution in [-0.2, 0) is 11.2 Å². The van der Waals surface area contributed by atoms with Crippen molar-refractivity contribution in [2.75, 3.05) is 11.9 Å². The van der Waals surface area contributed by atoms with Crippen molar-refractivity contribution in [2.24, 2.45) is 0 Å². The normalized spacial score (nSPS) is 13.2. The number of ether oxygens (including phenoxy) is 1. The fraction of sp³-hybridized carbons (Fsp3) is 0.217. The van der Waals surface area contributed by atoms with E-state index in [2.05, 4.69) is 15.4 Å². The van der Waals surface area contributed by atoms with E-state index in [-0.39, 0.29) is 24.9 Å². The van der Waals surface area contributed by atoms with Crippen LogP contribution >= 0.6 is 34.8 Å². The summed E-state index contributed by atoms with van der Waals surface area (Å²) >= 11 is 19.0. The smallest absolute Gasteiger partial charge is 0.284 e. The third-order valence-corrected chi connectivity index (χ3v) is 6.23. The third kappa shape index (κ3) is 4.02. The van der Waals surface area contributed by atoms with Gasteiger partial charge in [0.15, 0.2) is 12.4 Å². The average molecular weight is 519 g/mol. The number of carbonyl (C=O) groups excluding carboxylic acids is 1. The molecular weight excluding hydrogens is 501 g/mol. The minimum absolute atomic E-state index is 0.0104. The summed E-state index contributed by atoms with van der Waals surface area (Å²) < 4.78 is 7.09. The van der Waals surface area contributed by atoms with Crippen LogP contribution in [0.1, 0.15) is 36.8 Å². The largest absolute Gasteiger partial charge is 0.482 e.